The van der Waals surface area contributed by atoms with Crippen molar-refractivity contribution in [3.8, 4) is 0 Å². The van der Waals surface area contributed by atoms with E-state index in [1.54, 1.807) is 36.4 Å². The third kappa shape index (κ3) is 2.64. The van der Waals surface area contributed by atoms with Crippen molar-refractivity contribution in [1.29, 1.82) is 0 Å². The summed E-state index contributed by atoms with van der Waals surface area (Å²) in [6.07, 6.45) is -1.80. The Hall–Kier alpha value is -3.92. The van der Waals surface area contributed by atoms with Crippen molar-refractivity contribution in [1.82, 2.24) is 0 Å². The zero-order chi connectivity index (χ0) is 23.0. The van der Waals surface area contributed by atoms with E-state index in [2.05, 4.69) is 5.16 Å². The maximum atomic E-state index is 13.4. The number of anilines is 1. The number of nitro groups is 1. The number of benzene rings is 2. The summed E-state index contributed by atoms with van der Waals surface area (Å²) in [7, 11) is 0. The fourth-order valence-corrected chi connectivity index (χ4v) is 5.47. The number of hydrogen-bond donors (Lipinski definition) is 0. The van der Waals surface area contributed by atoms with E-state index in [1.165, 1.54) is 19.1 Å². The lowest BCUT2D eigenvalue weighted by atomic mass is 9.71. The molecule has 33 heavy (non-hydrogen) atoms. The number of carbonyl (C=O) groups excluding carboxylic acids is 3. The minimum Gasteiger partial charge on any atom is -0.389 e. The molecule has 2 aromatic rings. The molecule has 0 radical (unpaired) electrons. The molecule has 3 saturated heterocycles. The van der Waals surface area contributed by atoms with Crippen LogP contribution in [0.4, 0.5) is 11.4 Å². The van der Waals surface area contributed by atoms with E-state index in [4.69, 9.17) is 9.57 Å². The predicted octanol–water partition coefficient (Wildman–Crippen LogP) is 2.10. The molecule has 4 aliphatic rings. The van der Waals surface area contributed by atoms with Crippen LogP contribution in [0.15, 0.2) is 53.7 Å². The Morgan fingerprint density at radius 2 is 1.70 bits per heavy atom. The minimum atomic E-state index is -0.693. The van der Waals surface area contributed by atoms with E-state index in [9.17, 15) is 24.5 Å². The molecule has 0 N–H and O–H groups in total. The number of rotatable bonds is 4. The number of amides is 2. The molecule has 2 aromatic carbocycles. The monoisotopic (exact) mass is 447 g/mol. The summed E-state index contributed by atoms with van der Waals surface area (Å²) in [6, 6.07) is 12.4. The topological polar surface area (TPSA) is 128 Å². The van der Waals surface area contributed by atoms with E-state index < -0.39 is 41.0 Å². The quantitative estimate of drug-likeness (QED) is 0.304. The number of carbonyl (C=O) groups is 3. The van der Waals surface area contributed by atoms with Crippen LogP contribution in [0.3, 0.4) is 0 Å². The van der Waals surface area contributed by atoms with Gasteiger partial charge >= 0.3 is 0 Å². The van der Waals surface area contributed by atoms with Crippen LogP contribution in [0.2, 0.25) is 0 Å². The van der Waals surface area contributed by atoms with E-state index in [-0.39, 0.29) is 23.3 Å². The lowest BCUT2D eigenvalue weighted by Crippen LogP contribution is -2.45. The van der Waals surface area contributed by atoms with Crippen molar-refractivity contribution in [3.63, 3.8) is 0 Å². The Labute approximate surface area is 186 Å². The van der Waals surface area contributed by atoms with Gasteiger partial charge in [-0.25, -0.2) is 4.90 Å². The molecule has 10 nitrogen and oxygen atoms in total. The average molecular weight is 447 g/mol. The second-order valence-corrected chi connectivity index (χ2v) is 8.61. The van der Waals surface area contributed by atoms with Crippen molar-refractivity contribution in [3.05, 3.63) is 69.8 Å². The van der Waals surface area contributed by atoms with Gasteiger partial charge in [-0.2, -0.15) is 0 Å². The Kier molecular flexibility index (Phi) is 4.06. The molecule has 10 heteroatoms. The lowest BCUT2D eigenvalue weighted by molar-refractivity contribution is -0.384. The zero-order valence-electron chi connectivity index (χ0n) is 17.3. The number of non-ortho nitro benzene ring substituents is 1. The van der Waals surface area contributed by atoms with Crippen molar-refractivity contribution < 1.29 is 28.9 Å². The molecule has 2 amide bonds. The average Bonchev–Trinajstić information content (AvgIpc) is 3.54. The van der Waals surface area contributed by atoms with Crippen LogP contribution < -0.4 is 4.90 Å². The number of ether oxygens (including phenoxy) is 1. The number of imide groups is 1. The minimum absolute atomic E-state index is 0.0760. The highest BCUT2D eigenvalue weighted by Gasteiger charge is 2.72. The van der Waals surface area contributed by atoms with Gasteiger partial charge in [0.05, 0.1) is 40.2 Å². The van der Waals surface area contributed by atoms with Gasteiger partial charge in [0.1, 0.15) is 6.10 Å². The Balaban J connectivity index is 1.32. The second-order valence-electron chi connectivity index (χ2n) is 8.61. The summed E-state index contributed by atoms with van der Waals surface area (Å²) in [6.45, 7) is 1.44. The van der Waals surface area contributed by atoms with Gasteiger partial charge in [-0.1, -0.05) is 17.3 Å². The number of oxime groups is 1. The van der Waals surface area contributed by atoms with Gasteiger partial charge in [0.2, 0.25) is 11.8 Å². The van der Waals surface area contributed by atoms with Gasteiger partial charge < -0.3 is 9.57 Å². The molecule has 0 spiro atoms. The van der Waals surface area contributed by atoms with Gasteiger partial charge in [0.15, 0.2) is 11.9 Å². The van der Waals surface area contributed by atoms with E-state index in [0.717, 1.165) is 4.90 Å². The summed E-state index contributed by atoms with van der Waals surface area (Å²) in [5.74, 6) is -2.62. The summed E-state index contributed by atoms with van der Waals surface area (Å²) in [5.41, 5.74) is 1.83. The molecule has 0 aliphatic carbocycles. The number of ketones is 1. The van der Waals surface area contributed by atoms with Gasteiger partial charge in [0, 0.05) is 23.3 Å². The first-order chi connectivity index (χ1) is 15.9. The molecule has 0 aromatic heterocycles. The maximum absolute atomic E-state index is 13.4. The van der Waals surface area contributed by atoms with Gasteiger partial charge in [0.25, 0.3) is 5.69 Å². The van der Waals surface area contributed by atoms with Crippen LogP contribution in [0.25, 0.3) is 0 Å². The first-order valence-corrected chi connectivity index (χ1v) is 10.5. The molecule has 3 fully saturated rings. The first-order valence-electron chi connectivity index (χ1n) is 10.5. The SMILES string of the molecule is CC(=O)c1ccc(N2C(=O)[C@@H]3[C@@H]4O[C@@H]([C@H]5ON=C(c6cccc([N+](=O)[O-])c6)[C@H]54)[C@@H]3C2=O)cc1. The van der Waals surface area contributed by atoms with Gasteiger partial charge in [-0.05, 0) is 31.2 Å². The summed E-state index contributed by atoms with van der Waals surface area (Å²) >= 11 is 0. The molecular weight excluding hydrogens is 430 g/mol. The summed E-state index contributed by atoms with van der Waals surface area (Å²) < 4.78 is 6.06. The largest absolute Gasteiger partial charge is 0.389 e. The molecule has 4 aliphatic heterocycles. The van der Waals surface area contributed by atoms with Gasteiger partial charge in [-0.15, -0.1) is 0 Å². The highest BCUT2D eigenvalue weighted by atomic mass is 16.7. The third-order valence-electron chi connectivity index (χ3n) is 6.93. The van der Waals surface area contributed by atoms with Crippen molar-refractivity contribution in [2.45, 2.75) is 25.2 Å². The third-order valence-corrected chi connectivity index (χ3v) is 6.93. The molecule has 0 saturated carbocycles. The Morgan fingerprint density at radius 3 is 2.36 bits per heavy atom. The van der Waals surface area contributed by atoms with Crippen molar-refractivity contribution in [2.24, 2.45) is 22.9 Å². The van der Waals surface area contributed by atoms with Gasteiger partial charge in [-0.3, -0.25) is 24.5 Å². The van der Waals surface area contributed by atoms with Crippen LogP contribution in [0.5, 0.6) is 0 Å². The maximum Gasteiger partial charge on any atom is 0.270 e. The molecule has 6 rings (SSSR count). The van der Waals surface area contributed by atoms with Crippen molar-refractivity contribution >= 4 is 34.7 Å². The molecule has 166 valence electrons. The van der Waals surface area contributed by atoms with E-state index >= 15 is 0 Å². The predicted molar refractivity (Wildman–Crippen MR) is 113 cm³/mol. The molecular formula is C23H17N3O7. The first kappa shape index (κ1) is 19.7. The second kappa shape index (κ2) is 6.79. The van der Waals surface area contributed by atoms with E-state index in [1.807, 2.05) is 0 Å². The Bertz CT molecular complexity index is 1270. The molecule has 2 bridgehead atoms. The normalized spacial score (nSPS) is 31.3. The van der Waals surface area contributed by atoms with Crippen molar-refractivity contribution in [2.75, 3.05) is 4.90 Å². The lowest BCUT2D eigenvalue weighted by Gasteiger charge is -2.26. The fourth-order valence-electron chi connectivity index (χ4n) is 5.47. The number of nitrogens with zero attached hydrogens (tertiary/aromatic N) is 3. The van der Waals surface area contributed by atoms with E-state index in [0.29, 0.717) is 22.5 Å². The molecule has 4 heterocycles. The number of nitro benzene ring substituents is 1. The summed E-state index contributed by atoms with van der Waals surface area (Å²) in [5, 5.41) is 15.3. The van der Waals surface area contributed by atoms with Crippen LogP contribution in [-0.2, 0) is 19.2 Å². The zero-order valence-corrected chi connectivity index (χ0v) is 17.3. The number of hydrogen-bond acceptors (Lipinski definition) is 8. The highest BCUT2D eigenvalue weighted by Crippen LogP contribution is 2.55. The summed E-state index contributed by atoms with van der Waals surface area (Å²) in [4.78, 5) is 55.7. The molecule has 0 unspecified atom stereocenters. The Morgan fingerprint density at radius 1 is 1.00 bits per heavy atom. The van der Waals surface area contributed by atoms with Crippen LogP contribution >= 0.6 is 0 Å². The van der Waals surface area contributed by atoms with Crippen LogP contribution in [0, 0.1) is 27.9 Å². The van der Waals surface area contributed by atoms with Crippen LogP contribution in [-0.4, -0.2) is 46.5 Å². The standard InChI is InChI=1S/C23H17N3O7/c1-10(27)11-5-7-13(8-6-11)25-22(28)15-16(23(25)29)20-21-17(19(15)32-20)18(24-33-21)12-3-2-4-14(9-12)26(30)31/h2-9,15-17,19-21H,1H3/t15-,16+,17-,19-,20+,21-/m0/s1. The molecule has 6 atom stereocenters. The number of Topliss-reactive ketones (excluding diaryl/α,β-unsaturated/α-hetero) is 1. The fraction of sp³-hybridized carbons (Fsp3) is 0.304. The number of fused-ring (bicyclic) bond motifs is 8. The smallest absolute Gasteiger partial charge is 0.270 e. The highest BCUT2D eigenvalue weighted by molar-refractivity contribution is 6.23. The van der Waals surface area contributed by atoms with Crippen LogP contribution in [0.1, 0.15) is 22.8 Å².